The van der Waals surface area contributed by atoms with E-state index in [9.17, 15) is 14.4 Å². The van der Waals surface area contributed by atoms with E-state index in [1.165, 1.54) is 11.3 Å². The number of rotatable bonds is 7. The van der Waals surface area contributed by atoms with E-state index in [0.29, 0.717) is 21.2 Å². The number of hydrogen-bond donors (Lipinski definition) is 3. The van der Waals surface area contributed by atoms with Crippen molar-refractivity contribution in [2.45, 2.75) is 38.8 Å². The van der Waals surface area contributed by atoms with Crippen molar-refractivity contribution in [3.8, 4) is 0 Å². The average Bonchev–Trinajstić information content (AvgIpc) is 3.34. The number of carbonyl (C=O) groups is 3. The quantitative estimate of drug-likeness (QED) is 0.639. The van der Waals surface area contributed by atoms with E-state index in [1.807, 2.05) is 13.8 Å². The lowest BCUT2D eigenvalue weighted by molar-refractivity contribution is -0.118. The van der Waals surface area contributed by atoms with Crippen molar-refractivity contribution in [2.24, 2.45) is 5.92 Å². The van der Waals surface area contributed by atoms with E-state index in [-0.39, 0.29) is 23.8 Å². The predicted octanol–water partition coefficient (Wildman–Crippen LogP) is 3.69. The smallest absolute Gasteiger partial charge is 0.254 e. The Kier molecular flexibility index (Phi) is 6.36. The molecule has 0 bridgehead atoms. The molecule has 0 spiro atoms. The third-order valence-corrected chi connectivity index (χ3v) is 5.57. The van der Waals surface area contributed by atoms with Gasteiger partial charge in [0, 0.05) is 6.04 Å². The minimum absolute atomic E-state index is 0.157. The molecule has 3 amide bonds. The standard InChI is InChI=1S/C20H22ClN3O3S/c1-11(2)16(23-17(25)13-5-3-4-6-15(13)21)19(27)24-20-14(9-10-28-20)18(26)22-12-7-8-12/h3-6,9-12,16H,7-8H2,1-2H3,(H,22,26)(H,23,25)(H,24,27). The Hall–Kier alpha value is -2.38. The number of halogens is 1. The van der Waals surface area contributed by atoms with Gasteiger partial charge in [-0.3, -0.25) is 14.4 Å². The first-order chi connectivity index (χ1) is 13.4. The van der Waals surface area contributed by atoms with Gasteiger partial charge in [0.05, 0.1) is 16.1 Å². The largest absolute Gasteiger partial charge is 0.349 e. The van der Waals surface area contributed by atoms with Crippen LogP contribution in [-0.4, -0.2) is 29.8 Å². The zero-order valence-electron chi connectivity index (χ0n) is 15.6. The summed E-state index contributed by atoms with van der Waals surface area (Å²) in [4.78, 5) is 37.7. The van der Waals surface area contributed by atoms with Crippen molar-refractivity contribution in [3.05, 3.63) is 51.9 Å². The fourth-order valence-electron chi connectivity index (χ4n) is 2.66. The maximum absolute atomic E-state index is 12.8. The van der Waals surface area contributed by atoms with Gasteiger partial charge >= 0.3 is 0 Å². The molecule has 1 aromatic heterocycles. The molecule has 1 unspecified atom stereocenters. The number of benzene rings is 1. The summed E-state index contributed by atoms with van der Waals surface area (Å²) in [5.74, 6) is -1.15. The Morgan fingerprint density at radius 3 is 2.43 bits per heavy atom. The Morgan fingerprint density at radius 1 is 1.07 bits per heavy atom. The molecule has 1 fully saturated rings. The Balaban J connectivity index is 1.70. The molecule has 0 saturated heterocycles. The lowest BCUT2D eigenvalue weighted by Crippen LogP contribution is -2.47. The zero-order valence-corrected chi connectivity index (χ0v) is 17.2. The molecule has 148 valence electrons. The lowest BCUT2D eigenvalue weighted by Gasteiger charge is -2.22. The number of hydrogen-bond acceptors (Lipinski definition) is 4. The second-order valence-corrected chi connectivity index (χ2v) is 8.40. The molecule has 28 heavy (non-hydrogen) atoms. The van der Waals surface area contributed by atoms with Crippen LogP contribution < -0.4 is 16.0 Å². The maximum atomic E-state index is 12.8. The van der Waals surface area contributed by atoms with Gasteiger partial charge in [0.1, 0.15) is 11.0 Å². The van der Waals surface area contributed by atoms with Gasteiger partial charge in [0.2, 0.25) is 5.91 Å². The molecular weight excluding hydrogens is 398 g/mol. The SMILES string of the molecule is CC(C)C(NC(=O)c1ccccc1Cl)C(=O)Nc1sccc1C(=O)NC1CC1. The summed E-state index contributed by atoms with van der Waals surface area (Å²) in [6.07, 6.45) is 1.97. The predicted molar refractivity (Wildman–Crippen MR) is 111 cm³/mol. The summed E-state index contributed by atoms with van der Waals surface area (Å²) in [6.45, 7) is 3.68. The van der Waals surface area contributed by atoms with Crippen LogP contribution in [0.5, 0.6) is 0 Å². The minimum atomic E-state index is -0.773. The molecule has 2 aromatic rings. The minimum Gasteiger partial charge on any atom is -0.349 e. The zero-order chi connectivity index (χ0) is 20.3. The van der Waals surface area contributed by atoms with Crippen molar-refractivity contribution < 1.29 is 14.4 Å². The van der Waals surface area contributed by atoms with Crippen LogP contribution in [0, 0.1) is 5.92 Å². The Bertz CT molecular complexity index is 892. The van der Waals surface area contributed by atoms with Crippen molar-refractivity contribution in [1.82, 2.24) is 10.6 Å². The highest BCUT2D eigenvalue weighted by atomic mass is 35.5. The van der Waals surface area contributed by atoms with Crippen LogP contribution in [-0.2, 0) is 4.79 Å². The third kappa shape index (κ3) is 4.91. The number of anilines is 1. The fourth-order valence-corrected chi connectivity index (χ4v) is 3.67. The summed E-state index contributed by atoms with van der Waals surface area (Å²) >= 11 is 7.35. The maximum Gasteiger partial charge on any atom is 0.254 e. The number of nitrogens with one attached hydrogen (secondary N) is 3. The van der Waals surface area contributed by atoms with E-state index < -0.39 is 11.9 Å². The van der Waals surface area contributed by atoms with Crippen LogP contribution >= 0.6 is 22.9 Å². The molecule has 1 aliphatic carbocycles. The van der Waals surface area contributed by atoms with Crippen LogP contribution in [0.1, 0.15) is 47.4 Å². The van der Waals surface area contributed by atoms with E-state index in [4.69, 9.17) is 11.6 Å². The molecule has 3 rings (SSSR count). The number of carbonyl (C=O) groups excluding carboxylic acids is 3. The van der Waals surface area contributed by atoms with Gasteiger partial charge in [0.15, 0.2) is 0 Å². The molecule has 0 aliphatic heterocycles. The summed E-state index contributed by atoms with van der Waals surface area (Å²) < 4.78 is 0. The second-order valence-electron chi connectivity index (χ2n) is 7.08. The van der Waals surface area contributed by atoms with Crippen molar-refractivity contribution in [2.75, 3.05) is 5.32 Å². The monoisotopic (exact) mass is 419 g/mol. The molecule has 1 atom stereocenters. The highest BCUT2D eigenvalue weighted by molar-refractivity contribution is 7.14. The normalized spacial score (nSPS) is 14.4. The van der Waals surface area contributed by atoms with Crippen LogP contribution in [0.4, 0.5) is 5.00 Å². The summed E-state index contributed by atoms with van der Waals surface area (Å²) in [7, 11) is 0. The van der Waals surface area contributed by atoms with E-state index in [0.717, 1.165) is 12.8 Å². The lowest BCUT2D eigenvalue weighted by atomic mass is 10.0. The Labute approximate surface area is 172 Å². The molecule has 6 nitrogen and oxygen atoms in total. The molecule has 1 saturated carbocycles. The summed E-state index contributed by atoms with van der Waals surface area (Å²) in [5.41, 5.74) is 0.744. The molecule has 8 heteroatoms. The fraction of sp³-hybridized carbons (Fsp3) is 0.350. The topological polar surface area (TPSA) is 87.3 Å². The first kappa shape index (κ1) is 20.4. The average molecular weight is 420 g/mol. The second kappa shape index (κ2) is 8.75. The highest BCUT2D eigenvalue weighted by Gasteiger charge is 2.28. The van der Waals surface area contributed by atoms with E-state index in [1.54, 1.807) is 35.7 Å². The van der Waals surface area contributed by atoms with Crippen molar-refractivity contribution in [1.29, 1.82) is 0 Å². The van der Waals surface area contributed by atoms with Gasteiger partial charge in [-0.1, -0.05) is 37.6 Å². The highest BCUT2D eigenvalue weighted by Crippen LogP contribution is 2.26. The molecule has 1 aliphatic rings. The third-order valence-electron chi connectivity index (χ3n) is 4.41. The van der Waals surface area contributed by atoms with Gasteiger partial charge in [-0.25, -0.2) is 0 Å². The van der Waals surface area contributed by atoms with Gasteiger partial charge in [0.25, 0.3) is 11.8 Å². The molecule has 1 aromatic carbocycles. The van der Waals surface area contributed by atoms with Gasteiger partial charge in [-0.05, 0) is 42.3 Å². The summed E-state index contributed by atoms with van der Waals surface area (Å²) in [6, 6.07) is 7.81. The van der Waals surface area contributed by atoms with Gasteiger partial charge < -0.3 is 16.0 Å². The molecule has 3 N–H and O–H groups in total. The molecule has 0 radical (unpaired) electrons. The summed E-state index contributed by atoms with van der Waals surface area (Å²) in [5, 5.41) is 11.0. The van der Waals surface area contributed by atoms with Crippen molar-refractivity contribution in [3.63, 3.8) is 0 Å². The first-order valence-electron chi connectivity index (χ1n) is 9.11. The Morgan fingerprint density at radius 2 is 1.79 bits per heavy atom. The number of amides is 3. The first-order valence-corrected chi connectivity index (χ1v) is 10.4. The molecule has 1 heterocycles. The van der Waals surface area contributed by atoms with Gasteiger partial charge in [-0.15, -0.1) is 11.3 Å². The number of thiophene rings is 1. The van der Waals surface area contributed by atoms with Crippen LogP contribution in [0.3, 0.4) is 0 Å². The molecular formula is C20H22ClN3O3S. The van der Waals surface area contributed by atoms with Crippen LogP contribution in [0.25, 0.3) is 0 Å². The van der Waals surface area contributed by atoms with E-state index in [2.05, 4.69) is 16.0 Å². The van der Waals surface area contributed by atoms with Crippen LogP contribution in [0.15, 0.2) is 35.7 Å². The van der Waals surface area contributed by atoms with E-state index >= 15 is 0 Å². The van der Waals surface area contributed by atoms with Crippen LogP contribution in [0.2, 0.25) is 5.02 Å². The van der Waals surface area contributed by atoms with Crippen molar-refractivity contribution >= 4 is 45.7 Å². The van der Waals surface area contributed by atoms with Gasteiger partial charge in [-0.2, -0.15) is 0 Å².